The van der Waals surface area contributed by atoms with Gasteiger partial charge in [0, 0.05) is 18.7 Å². The fraction of sp³-hybridized carbons (Fsp3) is 0.286. The van der Waals surface area contributed by atoms with Crippen LogP contribution in [0.4, 0.5) is 5.69 Å². The monoisotopic (exact) mass is 382 g/mol. The minimum atomic E-state index is -0.826. The van der Waals surface area contributed by atoms with Crippen molar-refractivity contribution in [3.05, 3.63) is 59.6 Å². The minimum absolute atomic E-state index is 0.203. The summed E-state index contributed by atoms with van der Waals surface area (Å²) in [6.07, 6.45) is -0.113. The van der Waals surface area contributed by atoms with Crippen LogP contribution in [-0.2, 0) is 20.7 Å². The first-order valence-corrected chi connectivity index (χ1v) is 9.80. The van der Waals surface area contributed by atoms with Crippen molar-refractivity contribution in [2.45, 2.75) is 32.8 Å². The highest BCUT2D eigenvalue weighted by Gasteiger charge is 2.24. The lowest BCUT2D eigenvalue weighted by Crippen LogP contribution is -2.40. The number of anilines is 1. The molecule has 1 amide bonds. The Kier molecular flexibility index (Phi) is 6.19. The fourth-order valence-corrected chi connectivity index (χ4v) is 3.80. The van der Waals surface area contributed by atoms with Crippen LogP contribution in [0.2, 0.25) is 0 Å². The second kappa shape index (κ2) is 8.77. The number of benzene rings is 2. The highest BCUT2D eigenvalue weighted by atomic mass is 32.1. The zero-order chi connectivity index (χ0) is 19.2. The molecule has 0 unspecified atom stereocenters. The number of rotatable bonds is 7. The number of fused-ring (bicyclic) bond motifs is 1. The molecule has 0 fully saturated rings. The van der Waals surface area contributed by atoms with Gasteiger partial charge in [0.15, 0.2) is 6.10 Å². The van der Waals surface area contributed by atoms with E-state index in [2.05, 4.69) is 4.98 Å². The third kappa shape index (κ3) is 4.71. The van der Waals surface area contributed by atoms with Crippen molar-refractivity contribution in [1.29, 1.82) is 0 Å². The number of carbonyl (C=O) groups is 2. The molecule has 3 aromatic rings. The summed E-state index contributed by atoms with van der Waals surface area (Å²) < 4.78 is 6.46. The van der Waals surface area contributed by atoms with Crippen molar-refractivity contribution in [1.82, 2.24) is 4.98 Å². The van der Waals surface area contributed by atoms with Crippen LogP contribution in [0, 0.1) is 0 Å². The summed E-state index contributed by atoms with van der Waals surface area (Å²) in [7, 11) is 0. The number of thiazole rings is 1. The van der Waals surface area contributed by atoms with Crippen LogP contribution in [-0.4, -0.2) is 29.5 Å². The number of likely N-dealkylation sites (N-methyl/N-ethyl adjacent to an activating group) is 1. The van der Waals surface area contributed by atoms with Gasteiger partial charge >= 0.3 is 5.97 Å². The van der Waals surface area contributed by atoms with Crippen LogP contribution in [0.1, 0.15) is 25.3 Å². The van der Waals surface area contributed by atoms with E-state index in [-0.39, 0.29) is 18.3 Å². The molecule has 27 heavy (non-hydrogen) atoms. The normalized spacial score (nSPS) is 11.9. The van der Waals surface area contributed by atoms with Crippen LogP contribution in [0.3, 0.4) is 0 Å². The molecule has 0 aliphatic carbocycles. The highest BCUT2D eigenvalue weighted by Crippen LogP contribution is 2.22. The summed E-state index contributed by atoms with van der Waals surface area (Å²) in [5, 5.41) is 0.895. The smallest absolute Gasteiger partial charge is 0.306 e. The van der Waals surface area contributed by atoms with Gasteiger partial charge in [-0.1, -0.05) is 30.3 Å². The van der Waals surface area contributed by atoms with Gasteiger partial charge in [-0.15, -0.1) is 11.3 Å². The van der Waals surface area contributed by atoms with Crippen LogP contribution in [0.25, 0.3) is 10.2 Å². The molecule has 0 N–H and O–H groups in total. The molecule has 3 rings (SSSR count). The van der Waals surface area contributed by atoms with Gasteiger partial charge in [-0.2, -0.15) is 0 Å². The number of para-hydroxylation sites is 2. The average molecular weight is 382 g/mol. The molecule has 0 spiro atoms. The van der Waals surface area contributed by atoms with Crippen molar-refractivity contribution in [3.63, 3.8) is 0 Å². The number of hydrogen-bond donors (Lipinski definition) is 0. The quantitative estimate of drug-likeness (QED) is 0.574. The van der Waals surface area contributed by atoms with Gasteiger partial charge in [0.2, 0.25) is 0 Å². The molecule has 5 nitrogen and oxygen atoms in total. The SMILES string of the molecule is CCN(C(=O)[C@H](C)OC(=O)CCc1nc2ccccc2s1)c1ccccc1. The Bertz CT molecular complexity index is 890. The topological polar surface area (TPSA) is 59.5 Å². The largest absolute Gasteiger partial charge is 0.453 e. The van der Waals surface area contributed by atoms with Crippen molar-refractivity contribution in [2.75, 3.05) is 11.4 Å². The number of aromatic nitrogens is 1. The molecule has 1 atom stereocenters. The Balaban J connectivity index is 1.55. The van der Waals surface area contributed by atoms with Gasteiger partial charge in [-0.05, 0) is 38.1 Å². The number of hydrogen-bond acceptors (Lipinski definition) is 5. The third-order valence-corrected chi connectivity index (χ3v) is 5.28. The van der Waals surface area contributed by atoms with E-state index in [0.29, 0.717) is 13.0 Å². The van der Waals surface area contributed by atoms with E-state index < -0.39 is 6.10 Å². The van der Waals surface area contributed by atoms with Crippen LogP contribution < -0.4 is 4.90 Å². The minimum Gasteiger partial charge on any atom is -0.453 e. The Hall–Kier alpha value is -2.73. The van der Waals surface area contributed by atoms with E-state index in [0.717, 1.165) is 20.9 Å². The van der Waals surface area contributed by atoms with Gasteiger partial charge in [0.25, 0.3) is 5.91 Å². The maximum absolute atomic E-state index is 12.6. The second-order valence-corrected chi connectivity index (χ2v) is 7.24. The molecule has 2 aromatic carbocycles. The Morgan fingerprint density at radius 1 is 1.11 bits per heavy atom. The number of carbonyl (C=O) groups excluding carboxylic acids is 2. The molecule has 0 saturated heterocycles. The Morgan fingerprint density at radius 3 is 2.52 bits per heavy atom. The van der Waals surface area contributed by atoms with E-state index in [1.807, 2.05) is 61.5 Å². The van der Waals surface area contributed by atoms with E-state index in [4.69, 9.17) is 4.74 Å². The van der Waals surface area contributed by atoms with Gasteiger partial charge in [0.05, 0.1) is 21.6 Å². The van der Waals surface area contributed by atoms with Crippen LogP contribution >= 0.6 is 11.3 Å². The lowest BCUT2D eigenvalue weighted by atomic mass is 10.2. The van der Waals surface area contributed by atoms with Crippen molar-refractivity contribution >= 4 is 39.1 Å². The van der Waals surface area contributed by atoms with Crippen molar-refractivity contribution in [2.24, 2.45) is 0 Å². The molecule has 0 aliphatic rings. The van der Waals surface area contributed by atoms with Gasteiger partial charge in [-0.25, -0.2) is 4.98 Å². The standard InChI is InChI=1S/C21H22N2O3S/c1-3-23(16-9-5-4-6-10-16)21(25)15(2)26-20(24)14-13-19-22-17-11-7-8-12-18(17)27-19/h4-12,15H,3,13-14H2,1-2H3/t15-/m0/s1. The molecule has 0 aliphatic heterocycles. The van der Waals surface area contributed by atoms with E-state index in [1.54, 1.807) is 23.2 Å². The summed E-state index contributed by atoms with van der Waals surface area (Å²) in [6.45, 7) is 4.02. The Morgan fingerprint density at radius 2 is 1.81 bits per heavy atom. The third-order valence-electron chi connectivity index (χ3n) is 4.19. The number of aryl methyl sites for hydroxylation is 1. The number of amides is 1. The summed E-state index contributed by atoms with van der Waals surface area (Å²) in [6, 6.07) is 17.3. The molecule has 0 saturated carbocycles. The molecule has 1 heterocycles. The van der Waals surface area contributed by atoms with Crippen LogP contribution in [0.5, 0.6) is 0 Å². The number of nitrogens with zero attached hydrogens (tertiary/aromatic N) is 2. The number of ether oxygens (including phenoxy) is 1. The molecular weight excluding hydrogens is 360 g/mol. The lowest BCUT2D eigenvalue weighted by molar-refractivity contribution is -0.153. The van der Waals surface area contributed by atoms with E-state index in [1.165, 1.54) is 0 Å². The first-order chi connectivity index (χ1) is 13.1. The van der Waals surface area contributed by atoms with Gasteiger partial charge in [0.1, 0.15) is 0 Å². The lowest BCUT2D eigenvalue weighted by Gasteiger charge is -2.24. The van der Waals surface area contributed by atoms with Gasteiger partial charge in [-0.3, -0.25) is 9.59 Å². The zero-order valence-corrected chi connectivity index (χ0v) is 16.2. The second-order valence-electron chi connectivity index (χ2n) is 6.13. The van der Waals surface area contributed by atoms with Crippen molar-refractivity contribution < 1.29 is 14.3 Å². The highest BCUT2D eigenvalue weighted by molar-refractivity contribution is 7.18. The summed E-state index contributed by atoms with van der Waals surface area (Å²) in [5.74, 6) is -0.615. The molecule has 140 valence electrons. The van der Waals surface area contributed by atoms with Crippen LogP contribution in [0.15, 0.2) is 54.6 Å². The summed E-state index contributed by atoms with van der Waals surface area (Å²) in [5.41, 5.74) is 1.73. The molecule has 1 aromatic heterocycles. The predicted octanol–water partition coefficient (Wildman–Crippen LogP) is 4.21. The molecule has 0 bridgehead atoms. The average Bonchev–Trinajstić information content (AvgIpc) is 3.10. The molecular formula is C21H22N2O3S. The number of esters is 1. The molecule has 6 heteroatoms. The maximum Gasteiger partial charge on any atom is 0.306 e. The summed E-state index contributed by atoms with van der Waals surface area (Å²) >= 11 is 1.58. The van der Waals surface area contributed by atoms with Crippen molar-refractivity contribution in [3.8, 4) is 0 Å². The first kappa shape index (κ1) is 19.0. The van der Waals surface area contributed by atoms with E-state index >= 15 is 0 Å². The summed E-state index contributed by atoms with van der Waals surface area (Å²) in [4.78, 5) is 31.0. The van der Waals surface area contributed by atoms with Gasteiger partial charge < -0.3 is 9.64 Å². The maximum atomic E-state index is 12.6. The zero-order valence-electron chi connectivity index (χ0n) is 15.4. The predicted molar refractivity (Wildman–Crippen MR) is 108 cm³/mol. The fourth-order valence-electron chi connectivity index (χ4n) is 2.84. The molecule has 0 radical (unpaired) electrons. The van der Waals surface area contributed by atoms with E-state index in [9.17, 15) is 9.59 Å². The first-order valence-electron chi connectivity index (χ1n) is 8.99. The Labute approximate surface area is 162 Å².